The molecule has 0 bridgehead atoms. The van der Waals surface area contributed by atoms with Gasteiger partial charge in [0, 0.05) is 19.7 Å². The Hall–Kier alpha value is 0.120. The first kappa shape index (κ1) is 14.5. The van der Waals surface area contributed by atoms with Crippen molar-refractivity contribution in [3.8, 4) is 0 Å². The van der Waals surface area contributed by atoms with Gasteiger partial charge in [-0.25, -0.2) is 0 Å². The molecule has 4 nitrogen and oxygen atoms in total. The molecule has 2 atom stereocenters. The van der Waals surface area contributed by atoms with Crippen LogP contribution in [0.15, 0.2) is 19.6 Å². The second-order valence-corrected chi connectivity index (χ2v) is 6.17. The van der Waals surface area contributed by atoms with Crippen LogP contribution in [0.5, 0.6) is 0 Å². The molecule has 18 heavy (non-hydrogen) atoms. The van der Waals surface area contributed by atoms with Crippen molar-refractivity contribution in [1.29, 1.82) is 0 Å². The largest absolute Gasteiger partial charge is 0.451 e. The molecule has 102 valence electrons. The first-order valence-electron chi connectivity index (χ1n) is 6.08. The van der Waals surface area contributed by atoms with Gasteiger partial charge in [0.05, 0.1) is 16.6 Å². The summed E-state index contributed by atoms with van der Waals surface area (Å²) < 4.78 is 12.9. The normalized spacial score (nSPS) is 21.7. The maximum absolute atomic E-state index is 5.87. The Kier molecular flexibility index (Phi) is 5.26. The number of furan rings is 1. The monoisotopic (exact) mass is 380 g/mol. The lowest BCUT2D eigenvalue weighted by atomic mass is 10.1. The van der Waals surface area contributed by atoms with Gasteiger partial charge in [-0.15, -0.1) is 0 Å². The first-order chi connectivity index (χ1) is 8.61. The minimum absolute atomic E-state index is 0.0804. The standard InChI is InChI=1S/C12H18Br2N2O2/c1-16(7-8-3-2-4-17-8)10(6-15)11-5-9(13)12(14)18-11/h5,8,10H,2-4,6-7,15H2,1H3. The van der Waals surface area contributed by atoms with Crippen molar-refractivity contribution in [2.75, 3.05) is 26.7 Å². The van der Waals surface area contributed by atoms with Crippen LogP contribution in [0.1, 0.15) is 24.6 Å². The van der Waals surface area contributed by atoms with E-state index in [9.17, 15) is 0 Å². The molecule has 6 heteroatoms. The Bertz CT molecular complexity index is 372. The number of nitrogens with two attached hydrogens (primary N) is 1. The fraction of sp³-hybridized carbons (Fsp3) is 0.667. The molecule has 1 aromatic heterocycles. The zero-order chi connectivity index (χ0) is 13.1. The van der Waals surface area contributed by atoms with E-state index in [1.807, 2.05) is 6.07 Å². The predicted molar refractivity (Wildman–Crippen MR) is 77.5 cm³/mol. The summed E-state index contributed by atoms with van der Waals surface area (Å²) in [6.45, 7) is 2.29. The highest BCUT2D eigenvalue weighted by Crippen LogP contribution is 2.31. The Morgan fingerprint density at radius 1 is 1.56 bits per heavy atom. The van der Waals surface area contributed by atoms with Crippen molar-refractivity contribution >= 4 is 31.9 Å². The Labute approximate surface area is 124 Å². The highest BCUT2D eigenvalue weighted by Gasteiger charge is 2.25. The second kappa shape index (κ2) is 6.52. The number of ether oxygens (including phenoxy) is 1. The molecule has 1 fully saturated rings. The molecule has 2 heterocycles. The van der Waals surface area contributed by atoms with Crippen molar-refractivity contribution in [1.82, 2.24) is 4.90 Å². The third-order valence-corrected chi connectivity index (χ3v) is 4.97. The molecule has 1 aliphatic rings. The lowest BCUT2D eigenvalue weighted by Crippen LogP contribution is -2.35. The summed E-state index contributed by atoms with van der Waals surface area (Å²) in [5.74, 6) is 0.872. The highest BCUT2D eigenvalue weighted by atomic mass is 79.9. The maximum Gasteiger partial charge on any atom is 0.183 e. The number of halogens is 2. The zero-order valence-corrected chi connectivity index (χ0v) is 13.5. The minimum atomic E-state index is 0.0804. The molecule has 0 spiro atoms. The molecular formula is C12H18Br2N2O2. The fourth-order valence-electron chi connectivity index (χ4n) is 2.28. The smallest absolute Gasteiger partial charge is 0.183 e. The highest BCUT2D eigenvalue weighted by molar-refractivity contribution is 9.13. The van der Waals surface area contributed by atoms with E-state index in [2.05, 4.69) is 43.8 Å². The van der Waals surface area contributed by atoms with E-state index < -0.39 is 0 Å². The molecule has 1 aliphatic heterocycles. The van der Waals surface area contributed by atoms with Gasteiger partial charge in [0.25, 0.3) is 0 Å². The van der Waals surface area contributed by atoms with Gasteiger partial charge < -0.3 is 14.9 Å². The molecular weight excluding hydrogens is 364 g/mol. The molecule has 0 radical (unpaired) electrons. The van der Waals surface area contributed by atoms with Crippen LogP contribution in [-0.4, -0.2) is 37.7 Å². The van der Waals surface area contributed by atoms with Crippen LogP contribution in [-0.2, 0) is 4.74 Å². The summed E-state index contributed by atoms with van der Waals surface area (Å²) in [5, 5.41) is 0. The van der Waals surface area contributed by atoms with Crippen LogP contribution < -0.4 is 5.73 Å². The average molecular weight is 382 g/mol. The summed E-state index contributed by atoms with van der Waals surface area (Å²) in [7, 11) is 2.06. The average Bonchev–Trinajstić information content (AvgIpc) is 2.92. The van der Waals surface area contributed by atoms with Crippen LogP contribution in [0.25, 0.3) is 0 Å². The topological polar surface area (TPSA) is 51.6 Å². The first-order valence-corrected chi connectivity index (χ1v) is 7.67. The van der Waals surface area contributed by atoms with E-state index >= 15 is 0 Å². The summed E-state index contributed by atoms with van der Waals surface area (Å²) in [4.78, 5) is 2.20. The SMILES string of the molecule is CN(CC1CCCO1)C(CN)c1cc(Br)c(Br)o1. The molecule has 1 saturated heterocycles. The van der Waals surface area contributed by atoms with E-state index in [0.717, 1.165) is 36.2 Å². The number of hydrogen-bond donors (Lipinski definition) is 1. The number of hydrogen-bond acceptors (Lipinski definition) is 4. The van der Waals surface area contributed by atoms with Crippen LogP contribution in [0.4, 0.5) is 0 Å². The van der Waals surface area contributed by atoms with Gasteiger partial charge in [-0.05, 0) is 57.8 Å². The van der Waals surface area contributed by atoms with Crippen LogP contribution in [0.2, 0.25) is 0 Å². The third-order valence-electron chi connectivity index (χ3n) is 3.26. The van der Waals surface area contributed by atoms with Crippen molar-refractivity contribution in [2.24, 2.45) is 5.73 Å². The van der Waals surface area contributed by atoms with Gasteiger partial charge >= 0.3 is 0 Å². The van der Waals surface area contributed by atoms with Crippen molar-refractivity contribution in [3.05, 3.63) is 21.0 Å². The molecule has 2 unspecified atom stereocenters. The Balaban J connectivity index is 2.02. The summed E-state index contributed by atoms with van der Waals surface area (Å²) >= 11 is 6.78. The molecule has 1 aromatic rings. The fourth-order valence-corrected chi connectivity index (χ4v) is 2.89. The van der Waals surface area contributed by atoms with Gasteiger partial charge in [-0.3, -0.25) is 4.90 Å². The molecule has 0 amide bonds. The molecule has 0 aliphatic carbocycles. The van der Waals surface area contributed by atoms with Crippen molar-refractivity contribution in [2.45, 2.75) is 25.0 Å². The molecule has 0 aromatic carbocycles. The summed E-state index contributed by atoms with van der Waals surface area (Å²) in [5.41, 5.74) is 5.87. The Morgan fingerprint density at radius 2 is 2.33 bits per heavy atom. The third kappa shape index (κ3) is 3.36. The van der Waals surface area contributed by atoms with Crippen LogP contribution in [0, 0.1) is 0 Å². The lowest BCUT2D eigenvalue weighted by molar-refractivity contribution is 0.0653. The van der Waals surface area contributed by atoms with Gasteiger partial charge in [0.1, 0.15) is 5.76 Å². The summed E-state index contributed by atoms with van der Waals surface area (Å²) in [6, 6.07) is 2.05. The molecule has 2 rings (SSSR count). The van der Waals surface area contributed by atoms with Crippen molar-refractivity contribution in [3.63, 3.8) is 0 Å². The summed E-state index contributed by atoms with van der Waals surface area (Å²) in [6.07, 6.45) is 2.61. The Morgan fingerprint density at radius 3 is 2.83 bits per heavy atom. The zero-order valence-electron chi connectivity index (χ0n) is 10.4. The van der Waals surface area contributed by atoms with E-state index in [-0.39, 0.29) is 6.04 Å². The van der Waals surface area contributed by atoms with E-state index in [0.29, 0.717) is 17.3 Å². The van der Waals surface area contributed by atoms with Gasteiger partial charge in [0.2, 0.25) is 0 Å². The number of rotatable bonds is 5. The minimum Gasteiger partial charge on any atom is -0.451 e. The van der Waals surface area contributed by atoms with Crippen LogP contribution in [0.3, 0.4) is 0 Å². The maximum atomic E-state index is 5.87. The molecule has 0 saturated carbocycles. The van der Waals surface area contributed by atoms with Gasteiger partial charge in [-0.1, -0.05) is 0 Å². The number of nitrogens with zero attached hydrogens (tertiary/aromatic N) is 1. The quantitative estimate of drug-likeness (QED) is 0.851. The number of likely N-dealkylation sites (N-methyl/N-ethyl adjacent to an activating group) is 1. The van der Waals surface area contributed by atoms with Gasteiger partial charge in [0.15, 0.2) is 4.67 Å². The van der Waals surface area contributed by atoms with Crippen LogP contribution >= 0.6 is 31.9 Å². The predicted octanol–water partition coefficient (Wildman–Crippen LogP) is 2.92. The molecule has 2 N–H and O–H groups in total. The van der Waals surface area contributed by atoms with Gasteiger partial charge in [-0.2, -0.15) is 0 Å². The van der Waals surface area contributed by atoms with E-state index in [4.69, 9.17) is 14.9 Å². The van der Waals surface area contributed by atoms with E-state index in [1.54, 1.807) is 0 Å². The van der Waals surface area contributed by atoms with Crippen molar-refractivity contribution < 1.29 is 9.15 Å². The lowest BCUT2D eigenvalue weighted by Gasteiger charge is -2.27. The second-order valence-electron chi connectivity index (χ2n) is 4.60. The van der Waals surface area contributed by atoms with E-state index in [1.165, 1.54) is 0 Å².